The largest absolute Gasteiger partial charge is 0.505 e. The molecular formula is C4H8O5. The van der Waals surface area contributed by atoms with E-state index in [1.807, 2.05) is 0 Å². The maximum absolute atomic E-state index is 9.15. The maximum atomic E-state index is 9.15. The van der Waals surface area contributed by atoms with Gasteiger partial charge < -0.3 is 14.9 Å². The van der Waals surface area contributed by atoms with Gasteiger partial charge in [-0.3, -0.25) is 4.79 Å². The summed E-state index contributed by atoms with van der Waals surface area (Å²) >= 11 is 0. The molecule has 0 aromatic carbocycles. The molecule has 0 aliphatic heterocycles. The molecule has 2 N–H and O–H groups in total. The lowest BCUT2D eigenvalue weighted by molar-refractivity contribution is -0.134. The third-order valence-corrected chi connectivity index (χ3v) is 0.175. The van der Waals surface area contributed by atoms with E-state index in [-0.39, 0.29) is 0 Å². The molecule has 0 rings (SSSR count). The second-order valence-corrected chi connectivity index (χ2v) is 0.989. The van der Waals surface area contributed by atoms with Crippen LogP contribution in [0.4, 0.5) is 4.79 Å². The summed E-state index contributed by atoms with van der Waals surface area (Å²) < 4.78 is 3.67. The Morgan fingerprint density at radius 3 is 1.44 bits per heavy atom. The Hall–Kier alpha value is -1.26. The SMILES string of the molecule is CC(=O)O.COC(=O)O. The van der Waals surface area contributed by atoms with Crippen molar-refractivity contribution < 1.29 is 24.5 Å². The molecule has 0 bridgehead atoms. The highest BCUT2D eigenvalue weighted by atomic mass is 16.6. The molecule has 0 unspecified atom stereocenters. The zero-order chi connectivity index (χ0) is 7.86. The third-order valence-electron chi connectivity index (χ3n) is 0.175. The van der Waals surface area contributed by atoms with Crippen molar-refractivity contribution >= 4 is 12.1 Å². The van der Waals surface area contributed by atoms with Crippen LogP contribution in [0.25, 0.3) is 0 Å². The van der Waals surface area contributed by atoms with Crippen molar-refractivity contribution in [2.45, 2.75) is 6.92 Å². The molecule has 0 heterocycles. The van der Waals surface area contributed by atoms with Gasteiger partial charge in [-0.25, -0.2) is 4.79 Å². The quantitative estimate of drug-likeness (QED) is 0.471. The van der Waals surface area contributed by atoms with Gasteiger partial charge in [-0.15, -0.1) is 0 Å². The summed E-state index contributed by atoms with van der Waals surface area (Å²) in [5.74, 6) is -0.833. The van der Waals surface area contributed by atoms with E-state index in [1.165, 1.54) is 0 Å². The number of ether oxygens (including phenoxy) is 1. The van der Waals surface area contributed by atoms with Gasteiger partial charge in [0, 0.05) is 6.92 Å². The summed E-state index contributed by atoms with van der Waals surface area (Å²) in [6, 6.07) is 0. The number of hydrogen-bond acceptors (Lipinski definition) is 3. The first-order valence-electron chi connectivity index (χ1n) is 1.97. The second-order valence-electron chi connectivity index (χ2n) is 0.989. The lowest BCUT2D eigenvalue weighted by atomic mass is 10.9. The molecule has 5 nitrogen and oxygen atoms in total. The van der Waals surface area contributed by atoms with Crippen LogP contribution in [0.3, 0.4) is 0 Å². The van der Waals surface area contributed by atoms with Crippen molar-refractivity contribution in [1.29, 1.82) is 0 Å². The standard InChI is InChI=1S/C2H4O3.C2H4O2/c1-5-2(3)4;1-2(3)4/h1H3,(H,3,4);1H3,(H,3,4). The van der Waals surface area contributed by atoms with Crippen LogP contribution in [-0.4, -0.2) is 29.4 Å². The monoisotopic (exact) mass is 136 g/mol. The van der Waals surface area contributed by atoms with E-state index in [9.17, 15) is 0 Å². The van der Waals surface area contributed by atoms with Gasteiger partial charge in [0.2, 0.25) is 0 Å². The zero-order valence-corrected chi connectivity index (χ0v) is 5.12. The Labute approximate surface area is 51.9 Å². The summed E-state index contributed by atoms with van der Waals surface area (Å²) in [5.41, 5.74) is 0. The van der Waals surface area contributed by atoms with E-state index < -0.39 is 12.1 Å². The minimum atomic E-state index is -1.25. The Morgan fingerprint density at radius 1 is 1.33 bits per heavy atom. The summed E-state index contributed by atoms with van der Waals surface area (Å²) in [5, 5.41) is 14.9. The Balaban J connectivity index is 0. The molecule has 0 radical (unpaired) electrons. The fourth-order valence-electron chi connectivity index (χ4n) is 0. The van der Waals surface area contributed by atoms with Gasteiger partial charge in [0.15, 0.2) is 0 Å². The maximum Gasteiger partial charge on any atom is 0.505 e. The molecule has 0 fully saturated rings. The highest BCUT2D eigenvalue weighted by Gasteiger charge is 1.80. The molecular weight excluding hydrogens is 128 g/mol. The van der Waals surface area contributed by atoms with Crippen LogP contribution in [0.15, 0.2) is 0 Å². The van der Waals surface area contributed by atoms with Crippen molar-refractivity contribution in [2.75, 3.05) is 7.11 Å². The summed E-state index contributed by atoms with van der Waals surface area (Å²) in [7, 11) is 1.10. The molecule has 0 amide bonds. The van der Waals surface area contributed by atoms with Gasteiger partial charge in [-0.1, -0.05) is 0 Å². The van der Waals surface area contributed by atoms with Crippen LogP contribution in [0, 0.1) is 0 Å². The molecule has 0 saturated carbocycles. The van der Waals surface area contributed by atoms with E-state index in [0.29, 0.717) is 0 Å². The Bertz CT molecular complexity index is 93.1. The Morgan fingerprint density at radius 2 is 1.44 bits per heavy atom. The first-order chi connectivity index (χ1) is 4.00. The number of methoxy groups -OCH3 is 1. The third kappa shape index (κ3) is 277. The van der Waals surface area contributed by atoms with Crippen LogP contribution in [-0.2, 0) is 9.53 Å². The van der Waals surface area contributed by atoms with Crippen molar-refractivity contribution in [2.24, 2.45) is 0 Å². The van der Waals surface area contributed by atoms with E-state index >= 15 is 0 Å². The average Bonchev–Trinajstić information content (AvgIpc) is 1.65. The number of aliphatic carboxylic acids is 1. The normalized spacial score (nSPS) is 6.44. The lowest BCUT2D eigenvalue weighted by Gasteiger charge is -1.79. The first kappa shape index (κ1) is 10.7. The van der Waals surface area contributed by atoms with Crippen LogP contribution >= 0.6 is 0 Å². The molecule has 0 saturated heterocycles. The van der Waals surface area contributed by atoms with Crippen molar-refractivity contribution in [3.05, 3.63) is 0 Å². The van der Waals surface area contributed by atoms with Gasteiger partial charge >= 0.3 is 6.16 Å². The van der Waals surface area contributed by atoms with Crippen molar-refractivity contribution in [3.63, 3.8) is 0 Å². The number of hydrogen-bond donors (Lipinski definition) is 2. The van der Waals surface area contributed by atoms with Crippen molar-refractivity contribution in [3.8, 4) is 0 Å². The number of rotatable bonds is 0. The molecule has 5 heteroatoms. The summed E-state index contributed by atoms with van der Waals surface area (Å²) in [6.07, 6.45) is -1.25. The smallest absolute Gasteiger partial charge is 0.481 e. The highest BCUT2D eigenvalue weighted by Crippen LogP contribution is 1.60. The molecule has 9 heavy (non-hydrogen) atoms. The van der Waals surface area contributed by atoms with Gasteiger partial charge in [0.1, 0.15) is 0 Å². The number of carbonyl (C=O) groups is 2. The summed E-state index contributed by atoms with van der Waals surface area (Å²) in [6.45, 7) is 1.08. The van der Waals surface area contributed by atoms with Crippen LogP contribution in [0.2, 0.25) is 0 Å². The fourth-order valence-corrected chi connectivity index (χ4v) is 0. The van der Waals surface area contributed by atoms with Gasteiger partial charge in [0.25, 0.3) is 5.97 Å². The van der Waals surface area contributed by atoms with Gasteiger partial charge in [0.05, 0.1) is 7.11 Å². The average molecular weight is 136 g/mol. The van der Waals surface area contributed by atoms with Crippen molar-refractivity contribution in [1.82, 2.24) is 0 Å². The Kier molecular flexibility index (Phi) is 7.99. The highest BCUT2D eigenvalue weighted by molar-refractivity contribution is 5.62. The predicted molar refractivity (Wildman–Crippen MR) is 28.3 cm³/mol. The number of carboxylic acid groups (broad SMARTS) is 2. The molecule has 0 atom stereocenters. The lowest BCUT2D eigenvalue weighted by Crippen LogP contribution is -1.91. The second kappa shape index (κ2) is 6.74. The van der Waals surface area contributed by atoms with Gasteiger partial charge in [-0.05, 0) is 0 Å². The van der Waals surface area contributed by atoms with E-state index in [2.05, 4.69) is 4.74 Å². The molecule has 0 spiro atoms. The molecule has 0 aliphatic carbocycles. The fraction of sp³-hybridized carbons (Fsp3) is 0.500. The first-order valence-corrected chi connectivity index (χ1v) is 1.97. The van der Waals surface area contributed by atoms with E-state index in [1.54, 1.807) is 0 Å². The van der Waals surface area contributed by atoms with Gasteiger partial charge in [-0.2, -0.15) is 0 Å². The molecule has 54 valence electrons. The van der Waals surface area contributed by atoms with E-state index in [4.69, 9.17) is 19.8 Å². The minimum Gasteiger partial charge on any atom is -0.481 e. The number of carboxylic acids is 1. The molecule has 0 aromatic rings. The van der Waals surface area contributed by atoms with Crippen LogP contribution < -0.4 is 0 Å². The molecule has 0 aromatic heterocycles. The van der Waals surface area contributed by atoms with Crippen LogP contribution in [0.5, 0.6) is 0 Å². The molecule has 0 aliphatic rings. The topological polar surface area (TPSA) is 83.8 Å². The predicted octanol–water partition coefficient (Wildman–Crippen LogP) is 0.402. The van der Waals surface area contributed by atoms with E-state index in [0.717, 1.165) is 14.0 Å². The minimum absolute atomic E-state index is 0.833. The van der Waals surface area contributed by atoms with Crippen LogP contribution in [0.1, 0.15) is 6.92 Å². The summed E-state index contributed by atoms with van der Waals surface area (Å²) in [4.78, 5) is 18.1. The zero-order valence-electron chi connectivity index (χ0n) is 5.12.